The summed E-state index contributed by atoms with van der Waals surface area (Å²) < 4.78 is 0. The minimum Gasteiger partial charge on any atom is -0.394 e. The fraction of sp³-hybridized carbons (Fsp3) is 1.00. The average Bonchev–Trinajstić information content (AvgIpc) is 2.68. The molecule has 4 bridgehead atoms. The number of hydrogen-bond acceptors (Lipinski definition) is 3. The van der Waals surface area contributed by atoms with Crippen LogP contribution >= 0.6 is 0 Å². The summed E-state index contributed by atoms with van der Waals surface area (Å²) in [7, 11) is 0. The first kappa shape index (κ1) is 12.6. The summed E-state index contributed by atoms with van der Waals surface area (Å²) in [6.45, 7) is 4.99. The molecular weight excluding hydrogens is 236 g/mol. The maximum Gasteiger partial charge on any atom is 0.0620 e. The van der Waals surface area contributed by atoms with Crippen molar-refractivity contribution in [2.24, 2.45) is 23.7 Å². The summed E-state index contributed by atoms with van der Waals surface area (Å²) in [5, 5.41) is 13.8. The van der Waals surface area contributed by atoms with Crippen LogP contribution in [0, 0.1) is 23.7 Å². The molecular formula is C16H28N2O. The Morgan fingerprint density at radius 2 is 1.63 bits per heavy atom. The second-order valence-electron chi connectivity index (χ2n) is 7.54. The van der Waals surface area contributed by atoms with Crippen LogP contribution < -0.4 is 5.32 Å². The van der Waals surface area contributed by atoms with Crippen molar-refractivity contribution in [1.82, 2.24) is 10.2 Å². The number of nitrogens with zero attached hydrogens (tertiary/aromatic N) is 1. The maximum atomic E-state index is 10.3. The first-order valence-corrected chi connectivity index (χ1v) is 8.39. The smallest absolute Gasteiger partial charge is 0.0620 e. The van der Waals surface area contributed by atoms with Crippen molar-refractivity contribution in [3.05, 3.63) is 0 Å². The molecule has 0 aromatic heterocycles. The Morgan fingerprint density at radius 1 is 0.947 bits per heavy atom. The van der Waals surface area contributed by atoms with Gasteiger partial charge in [-0.1, -0.05) is 0 Å². The zero-order valence-corrected chi connectivity index (χ0v) is 12.0. The van der Waals surface area contributed by atoms with Crippen LogP contribution in [0.25, 0.3) is 0 Å². The van der Waals surface area contributed by atoms with E-state index in [0.29, 0.717) is 6.61 Å². The molecule has 108 valence electrons. The second-order valence-corrected chi connectivity index (χ2v) is 7.54. The summed E-state index contributed by atoms with van der Waals surface area (Å²) in [6.07, 6.45) is 8.34. The Balaban J connectivity index is 1.65. The summed E-state index contributed by atoms with van der Waals surface area (Å²) in [5.41, 5.74) is 0.152. The summed E-state index contributed by atoms with van der Waals surface area (Å²) in [6, 6.07) is 0. The molecule has 0 atom stereocenters. The molecule has 0 unspecified atom stereocenters. The molecule has 1 heterocycles. The standard InChI is InChI=1S/C16H28N2O/c19-11-16(18-4-1-2-17-3-5-18)14-7-12-6-13(9-14)10-15(16)8-12/h12-15,17,19H,1-11H2. The summed E-state index contributed by atoms with van der Waals surface area (Å²) in [5.74, 6) is 3.55. The maximum absolute atomic E-state index is 10.3. The highest BCUT2D eigenvalue weighted by atomic mass is 16.3. The molecule has 4 saturated carbocycles. The molecule has 2 N–H and O–H groups in total. The predicted molar refractivity (Wildman–Crippen MR) is 75.9 cm³/mol. The van der Waals surface area contributed by atoms with Gasteiger partial charge in [-0.15, -0.1) is 0 Å². The molecule has 5 rings (SSSR count). The van der Waals surface area contributed by atoms with Gasteiger partial charge in [0.1, 0.15) is 0 Å². The van der Waals surface area contributed by atoms with Gasteiger partial charge in [0, 0.05) is 25.2 Å². The van der Waals surface area contributed by atoms with E-state index in [4.69, 9.17) is 0 Å². The van der Waals surface area contributed by atoms with E-state index in [9.17, 15) is 5.11 Å². The SMILES string of the molecule is OCC1(N2CCCNCC2)C2CC3CC(C2)CC1C3. The van der Waals surface area contributed by atoms with E-state index in [-0.39, 0.29) is 5.54 Å². The lowest BCUT2D eigenvalue weighted by Crippen LogP contribution is -2.68. The van der Waals surface area contributed by atoms with Crippen LogP contribution in [0.5, 0.6) is 0 Å². The van der Waals surface area contributed by atoms with Crippen molar-refractivity contribution in [3.63, 3.8) is 0 Å². The molecule has 0 aromatic carbocycles. The van der Waals surface area contributed by atoms with Gasteiger partial charge in [-0.25, -0.2) is 0 Å². The molecule has 5 aliphatic rings. The van der Waals surface area contributed by atoms with Crippen molar-refractivity contribution in [1.29, 1.82) is 0 Å². The molecule has 0 radical (unpaired) electrons. The van der Waals surface area contributed by atoms with E-state index in [0.717, 1.165) is 43.3 Å². The van der Waals surface area contributed by atoms with Crippen LogP contribution in [0.15, 0.2) is 0 Å². The number of nitrogens with one attached hydrogen (secondary N) is 1. The molecule has 4 aliphatic carbocycles. The molecule has 1 saturated heterocycles. The minimum atomic E-state index is 0.152. The number of aliphatic hydroxyl groups is 1. The zero-order chi connectivity index (χ0) is 12.9. The molecule has 0 spiro atoms. The largest absolute Gasteiger partial charge is 0.394 e. The lowest BCUT2D eigenvalue weighted by molar-refractivity contribution is -0.154. The quantitative estimate of drug-likeness (QED) is 0.793. The van der Waals surface area contributed by atoms with Crippen molar-refractivity contribution in [3.8, 4) is 0 Å². The van der Waals surface area contributed by atoms with Crippen LogP contribution in [-0.4, -0.2) is 48.3 Å². The zero-order valence-electron chi connectivity index (χ0n) is 12.0. The number of rotatable bonds is 2. The van der Waals surface area contributed by atoms with E-state index in [2.05, 4.69) is 10.2 Å². The fourth-order valence-corrected chi connectivity index (χ4v) is 6.14. The molecule has 3 heteroatoms. The van der Waals surface area contributed by atoms with Gasteiger partial charge in [0.2, 0.25) is 0 Å². The second kappa shape index (κ2) is 4.71. The van der Waals surface area contributed by atoms with Gasteiger partial charge >= 0.3 is 0 Å². The van der Waals surface area contributed by atoms with Crippen molar-refractivity contribution >= 4 is 0 Å². The van der Waals surface area contributed by atoms with E-state index in [1.807, 2.05) is 0 Å². The Labute approximate surface area is 116 Å². The monoisotopic (exact) mass is 264 g/mol. The lowest BCUT2D eigenvalue weighted by atomic mass is 9.48. The van der Waals surface area contributed by atoms with E-state index in [1.165, 1.54) is 45.1 Å². The molecule has 1 aliphatic heterocycles. The Kier molecular flexibility index (Phi) is 3.13. The van der Waals surface area contributed by atoms with Crippen molar-refractivity contribution < 1.29 is 5.11 Å². The van der Waals surface area contributed by atoms with Crippen LogP contribution in [0.4, 0.5) is 0 Å². The third kappa shape index (κ3) is 1.81. The third-order valence-electron chi connectivity index (χ3n) is 6.73. The van der Waals surface area contributed by atoms with Gasteiger partial charge < -0.3 is 10.4 Å². The third-order valence-corrected chi connectivity index (χ3v) is 6.73. The first-order chi connectivity index (χ1) is 9.33. The van der Waals surface area contributed by atoms with Gasteiger partial charge in [0.25, 0.3) is 0 Å². The highest BCUT2D eigenvalue weighted by molar-refractivity contribution is 5.12. The molecule has 3 nitrogen and oxygen atoms in total. The van der Waals surface area contributed by atoms with E-state index in [1.54, 1.807) is 0 Å². The normalized spacial score (nSPS) is 50.4. The molecule has 5 fully saturated rings. The highest BCUT2D eigenvalue weighted by Crippen LogP contribution is 2.60. The highest BCUT2D eigenvalue weighted by Gasteiger charge is 2.59. The van der Waals surface area contributed by atoms with Gasteiger partial charge in [-0.3, -0.25) is 4.90 Å². The average molecular weight is 264 g/mol. The van der Waals surface area contributed by atoms with Gasteiger partial charge in [-0.2, -0.15) is 0 Å². The minimum absolute atomic E-state index is 0.152. The van der Waals surface area contributed by atoms with Crippen molar-refractivity contribution in [2.45, 2.75) is 44.1 Å². The van der Waals surface area contributed by atoms with Crippen molar-refractivity contribution in [2.75, 3.05) is 32.8 Å². The molecule has 19 heavy (non-hydrogen) atoms. The van der Waals surface area contributed by atoms with Gasteiger partial charge in [0.05, 0.1) is 6.61 Å². The van der Waals surface area contributed by atoms with Gasteiger partial charge in [-0.05, 0) is 68.7 Å². The lowest BCUT2D eigenvalue weighted by Gasteiger charge is -2.64. The first-order valence-electron chi connectivity index (χ1n) is 8.39. The van der Waals surface area contributed by atoms with Gasteiger partial charge in [0.15, 0.2) is 0 Å². The Hall–Kier alpha value is -0.120. The van der Waals surface area contributed by atoms with Crippen LogP contribution in [0.1, 0.15) is 38.5 Å². The van der Waals surface area contributed by atoms with E-state index < -0.39 is 0 Å². The van der Waals surface area contributed by atoms with Crippen LogP contribution in [0.3, 0.4) is 0 Å². The summed E-state index contributed by atoms with van der Waals surface area (Å²) in [4.78, 5) is 2.69. The Bertz CT molecular complexity index is 308. The predicted octanol–water partition coefficient (Wildman–Crippen LogP) is 1.47. The number of aliphatic hydroxyl groups excluding tert-OH is 1. The molecule has 0 aromatic rings. The van der Waals surface area contributed by atoms with Crippen LogP contribution in [-0.2, 0) is 0 Å². The fourth-order valence-electron chi connectivity index (χ4n) is 6.14. The number of hydrogen-bond donors (Lipinski definition) is 2. The topological polar surface area (TPSA) is 35.5 Å². The van der Waals surface area contributed by atoms with Crippen LogP contribution in [0.2, 0.25) is 0 Å². The summed E-state index contributed by atoms with van der Waals surface area (Å²) >= 11 is 0. The Morgan fingerprint density at radius 3 is 2.26 bits per heavy atom. The van der Waals surface area contributed by atoms with E-state index >= 15 is 0 Å². The molecule has 0 amide bonds.